The second kappa shape index (κ2) is 9.61. The van der Waals surface area contributed by atoms with Gasteiger partial charge in [0, 0.05) is 24.4 Å². The minimum absolute atomic E-state index is 0.0478. The number of sulfonamides is 1. The molecular formula is C24H20F4N4O3S. The molecular weight excluding hydrogens is 500 g/mol. The van der Waals surface area contributed by atoms with E-state index in [9.17, 15) is 26.0 Å². The van der Waals surface area contributed by atoms with E-state index in [1.165, 1.54) is 54.6 Å². The largest absolute Gasteiger partial charge is 0.495 e. The zero-order valence-corrected chi connectivity index (χ0v) is 19.7. The molecule has 0 spiro atoms. The summed E-state index contributed by atoms with van der Waals surface area (Å²) in [4.78, 5) is 1.49. The van der Waals surface area contributed by atoms with Crippen molar-refractivity contribution < 1.29 is 30.7 Å². The molecule has 0 radical (unpaired) electrons. The van der Waals surface area contributed by atoms with Crippen LogP contribution in [0.5, 0.6) is 5.75 Å². The molecule has 2 heterocycles. The first kappa shape index (κ1) is 25.2. The summed E-state index contributed by atoms with van der Waals surface area (Å²) in [7, 11) is -2.67. The molecule has 0 unspecified atom stereocenters. The van der Waals surface area contributed by atoms with Crippen LogP contribution >= 0.6 is 0 Å². The highest BCUT2D eigenvalue weighted by molar-refractivity contribution is 7.92. The predicted octanol–water partition coefficient (Wildman–Crippen LogP) is 5.60. The van der Waals surface area contributed by atoms with Gasteiger partial charge in [0.2, 0.25) is 0 Å². The summed E-state index contributed by atoms with van der Waals surface area (Å²) < 4.78 is 86.1. The van der Waals surface area contributed by atoms with Crippen LogP contribution in [0.3, 0.4) is 0 Å². The first-order valence-electron chi connectivity index (χ1n) is 10.5. The number of allylic oxidation sites excluding steroid dienone is 1. The molecule has 3 aromatic rings. The Hall–Kier alpha value is -3.93. The van der Waals surface area contributed by atoms with Crippen molar-refractivity contribution in [3.05, 3.63) is 84.0 Å². The van der Waals surface area contributed by atoms with Gasteiger partial charge in [0.1, 0.15) is 11.6 Å². The average molecular weight is 521 g/mol. The van der Waals surface area contributed by atoms with Crippen LogP contribution in [0.25, 0.3) is 6.08 Å². The molecule has 188 valence electrons. The third-order valence-corrected chi connectivity index (χ3v) is 6.72. The van der Waals surface area contributed by atoms with Crippen molar-refractivity contribution in [2.24, 2.45) is 0 Å². The van der Waals surface area contributed by atoms with E-state index in [1.54, 1.807) is 12.2 Å². The third-order valence-electron chi connectivity index (χ3n) is 5.37. The van der Waals surface area contributed by atoms with E-state index in [0.29, 0.717) is 16.9 Å². The number of alkyl halides is 3. The van der Waals surface area contributed by atoms with Gasteiger partial charge in [-0.25, -0.2) is 12.8 Å². The van der Waals surface area contributed by atoms with Crippen LogP contribution in [0.1, 0.15) is 17.5 Å². The van der Waals surface area contributed by atoms with Gasteiger partial charge in [0.15, 0.2) is 5.82 Å². The number of hydrogen-bond acceptors (Lipinski definition) is 6. The molecule has 2 aromatic carbocycles. The van der Waals surface area contributed by atoms with Crippen molar-refractivity contribution in [1.29, 1.82) is 0 Å². The van der Waals surface area contributed by atoms with Crippen LogP contribution in [-0.4, -0.2) is 31.9 Å². The topological polar surface area (TPSA) is 84.4 Å². The Balaban J connectivity index is 1.71. The van der Waals surface area contributed by atoms with Crippen molar-refractivity contribution in [2.45, 2.75) is 23.9 Å². The molecule has 1 aliphatic heterocycles. The quantitative estimate of drug-likeness (QED) is 0.409. The molecule has 7 nitrogen and oxygen atoms in total. The summed E-state index contributed by atoms with van der Waals surface area (Å²) in [6.07, 6.45) is -1.48. The molecule has 0 aliphatic carbocycles. The monoisotopic (exact) mass is 520 g/mol. The first-order chi connectivity index (χ1) is 17.0. The van der Waals surface area contributed by atoms with Gasteiger partial charge in [-0.15, -0.1) is 5.10 Å². The highest BCUT2D eigenvalue weighted by atomic mass is 32.2. The standard InChI is InChI=1S/C24H20F4N4O3S/c1-15-5-6-17-12-18(36(33,34)31-23-4-3-11-29-30-23)7-8-20(17)32(15)21-14-19(25)16(13-22(21)35-2)9-10-24(26,27)28/h3-8,11-14H,1,9-10H2,2H3,(H,30,31). The smallest absolute Gasteiger partial charge is 0.389 e. The number of nitrogens with one attached hydrogen (secondary N) is 1. The van der Waals surface area contributed by atoms with Gasteiger partial charge in [0.25, 0.3) is 10.0 Å². The van der Waals surface area contributed by atoms with E-state index in [-0.39, 0.29) is 27.7 Å². The summed E-state index contributed by atoms with van der Waals surface area (Å²) in [5.74, 6) is -0.644. The number of methoxy groups -OCH3 is 1. The number of rotatable bonds is 7. The van der Waals surface area contributed by atoms with Crippen LogP contribution in [0, 0.1) is 5.82 Å². The highest BCUT2D eigenvalue weighted by Gasteiger charge is 2.29. The zero-order chi connectivity index (χ0) is 26.1. The van der Waals surface area contributed by atoms with Crippen LogP contribution in [0.15, 0.2) is 71.9 Å². The lowest BCUT2D eigenvalue weighted by atomic mass is 10.0. The van der Waals surface area contributed by atoms with Crippen LogP contribution < -0.4 is 14.4 Å². The normalized spacial score (nSPS) is 13.5. The maximum atomic E-state index is 14.8. The lowest BCUT2D eigenvalue weighted by molar-refractivity contribution is -0.134. The average Bonchev–Trinajstić information content (AvgIpc) is 2.82. The number of halogens is 4. The molecule has 36 heavy (non-hydrogen) atoms. The molecule has 0 bridgehead atoms. The molecule has 0 amide bonds. The minimum atomic E-state index is -4.43. The Labute approximate surface area is 204 Å². The first-order valence-corrected chi connectivity index (χ1v) is 12.0. The number of benzene rings is 2. The van der Waals surface area contributed by atoms with E-state index >= 15 is 0 Å². The van der Waals surface area contributed by atoms with Gasteiger partial charge in [0.05, 0.1) is 23.4 Å². The van der Waals surface area contributed by atoms with Crippen LogP contribution in [-0.2, 0) is 16.4 Å². The van der Waals surface area contributed by atoms with E-state index in [4.69, 9.17) is 4.74 Å². The molecule has 0 fully saturated rings. The number of ether oxygens (including phenoxy) is 1. The minimum Gasteiger partial charge on any atom is -0.495 e. The Morgan fingerprint density at radius 2 is 1.89 bits per heavy atom. The number of fused-ring (bicyclic) bond motifs is 1. The molecule has 0 saturated heterocycles. The summed E-state index contributed by atoms with van der Waals surface area (Å²) in [6.45, 7) is 3.96. The fraction of sp³-hybridized carbons (Fsp3) is 0.167. The van der Waals surface area contributed by atoms with Gasteiger partial charge in [-0.3, -0.25) is 4.72 Å². The molecule has 0 atom stereocenters. The predicted molar refractivity (Wildman–Crippen MR) is 127 cm³/mol. The number of anilines is 3. The van der Waals surface area contributed by atoms with Gasteiger partial charge in [-0.05, 0) is 60.0 Å². The number of aryl methyl sites for hydroxylation is 1. The second-order valence-electron chi connectivity index (χ2n) is 7.83. The SMILES string of the molecule is C=C1C=Cc2cc(S(=O)(=O)Nc3cccnn3)ccc2N1c1cc(F)c(CCC(F)(F)F)cc1OC. The van der Waals surface area contributed by atoms with Crippen LogP contribution in [0.2, 0.25) is 0 Å². The molecule has 1 N–H and O–H groups in total. The lowest BCUT2D eigenvalue weighted by Crippen LogP contribution is -2.20. The van der Waals surface area contributed by atoms with Crippen molar-refractivity contribution in [2.75, 3.05) is 16.7 Å². The summed E-state index contributed by atoms with van der Waals surface area (Å²) in [5, 5.41) is 7.35. The maximum Gasteiger partial charge on any atom is 0.389 e. The summed E-state index contributed by atoms with van der Waals surface area (Å²) in [5.41, 5.74) is 1.43. The Bertz CT molecular complexity index is 1440. The maximum absolute atomic E-state index is 14.8. The number of nitrogens with zero attached hydrogens (tertiary/aromatic N) is 3. The lowest BCUT2D eigenvalue weighted by Gasteiger charge is -2.31. The van der Waals surface area contributed by atoms with Gasteiger partial charge < -0.3 is 9.64 Å². The molecule has 4 rings (SSSR count). The summed E-state index contributed by atoms with van der Waals surface area (Å²) in [6, 6.07) is 9.59. The highest BCUT2D eigenvalue weighted by Crippen LogP contribution is 2.43. The Morgan fingerprint density at radius 3 is 2.56 bits per heavy atom. The molecule has 0 saturated carbocycles. The van der Waals surface area contributed by atoms with Crippen molar-refractivity contribution in [1.82, 2.24) is 10.2 Å². The Morgan fingerprint density at radius 1 is 1.11 bits per heavy atom. The van der Waals surface area contributed by atoms with Crippen molar-refractivity contribution >= 4 is 33.3 Å². The molecule has 1 aromatic heterocycles. The van der Waals surface area contributed by atoms with Crippen molar-refractivity contribution in [3.8, 4) is 5.75 Å². The fourth-order valence-corrected chi connectivity index (χ4v) is 4.71. The van der Waals surface area contributed by atoms with E-state index in [0.717, 1.165) is 6.07 Å². The zero-order valence-electron chi connectivity index (χ0n) is 18.9. The number of aromatic nitrogens is 2. The van der Waals surface area contributed by atoms with Crippen LogP contribution in [0.4, 0.5) is 34.8 Å². The van der Waals surface area contributed by atoms with E-state index in [2.05, 4.69) is 21.5 Å². The van der Waals surface area contributed by atoms with Gasteiger partial charge >= 0.3 is 6.18 Å². The van der Waals surface area contributed by atoms with Gasteiger partial charge in [-0.1, -0.05) is 12.7 Å². The Kier molecular flexibility index (Phi) is 6.72. The molecule has 12 heteroatoms. The van der Waals surface area contributed by atoms with E-state index in [1.807, 2.05) is 0 Å². The van der Waals surface area contributed by atoms with Crippen molar-refractivity contribution in [3.63, 3.8) is 0 Å². The third kappa shape index (κ3) is 5.33. The van der Waals surface area contributed by atoms with Gasteiger partial charge in [-0.2, -0.15) is 18.3 Å². The molecule has 1 aliphatic rings. The fourth-order valence-electron chi connectivity index (χ4n) is 3.68. The second-order valence-corrected chi connectivity index (χ2v) is 9.51. The summed E-state index contributed by atoms with van der Waals surface area (Å²) >= 11 is 0. The number of hydrogen-bond donors (Lipinski definition) is 1. The van der Waals surface area contributed by atoms with E-state index < -0.39 is 34.9 Å².